The maximum Gasteiger partial charge on any atom is 0.0542 e. The number of anilines is 6. The van der Waals surface area contributed by atoms with Crippen LogP contribution in [-0.2, 0) is 0 Å². The highest BCUT2D eigenvalue weighted by molar-refractivity contribution is 6.24. The topological polar surface area (TPSA) is 16.3 Å². The second-order valence-electron chi connectivity index (χ2n) is 35.2. The van der Waals surface area contributed by atoms with Gasteiger partial charge >= 0.3 is 0 Å². The number of benzene rings is 24. The van der Waals surface area contributed by atoms with Crippen LogP contribution in [0.4, 0.5) is 34.1 Å². The van der Waals surface area contributed by atoms with Crippen molar-refractivity contribution < 1.29 is 0 Å². The fourth-order valence-corrected chi connectivity index (χ4v) is 21.4. The lowest BCUT2D eigenvalue weighted by molar-refractivity contribution is 1.18. The minimum atomic E-state index is 1.08. The first-order valence-corrected chi connectivity index (χ1v) is 46.8. The van der Waals surface area contributed by atoms with Crippen LogP contribution in [-0.4, -0.2) is 9.13 Å². The molecule has 0 aliphatic heterocycles. The van der Waals surface area contributed by atoms with Gasteiger partial charge in [0.15, 0.2) is 0 Å². The zero-order valence-corrected chi connectivity index (χ0v) is 74.6. The molecule has 2 heterocycles. The molecule has 4 nitrogen and oxygen atoms in total. The van der Waals surface area contributed by atoms with Gasteiger partial charge in [-0.15, -0.1) is 0 Å². The number of aromatic nitrogens is 2. The van der Waals surface area contributed by atoms with Crippen LogP contribution in [0.5, 0.6) is 0 Å². The lowest BCUT2D eigenvalue weighted by Crippen LogP contribution is -2.10. The van der Waals surface area contributed by atoms with Crippen LogP contribution >= 0.6 is 0 Å². The molecule has 0 spiro atoms. The van der Waals surface area contributed by atoms with Gasteiger partial charge in [-0.2, -0.15) is 0 Å². The number of nitrogens with zero attached hydrogens (tertiary/aromatic N) is 4. The summed E-state index contributed by atoms with van der Waals surface area (Å²) in [5.74, 6) is 0. The number of fused-ring (bicyclic) bond motifs is 12. The molecular formula is C132H88N4. The van der Waals surface area contributed by atoms with E-state index >= 15 is 0 Å². The summed E-state index contributed by atoms with van der Waals surface area (Å²) in [6, 6.07) is 195. The predicted octanol–water partition coefficient (Wildman–Crippen LogP) is 36.8. The molecule has 26 aromatic rings. The van der Waals surface area contributed by atoms with E-state index in [2.05, 4.69) is 553 Å². The molecule has 636 valence electrons. The Kier molecular flexibility index (Phi) is 20.3. The van der Waals surface area contributed by atoms with E-state index in [1.807, 2.05) is 0 Å². The molecule has 26 rings (SSSR count). The Morgan fingerprint density at radius 1 is 0.125 bits per heavy atom. The van der Waals surface area contributed by atoms with Gasteiger partial charge in [0.1, 0.15) is 0 Å². The Bertz CT molecular complexity index is 8930. The number of hydrogen-bond donors (Lipinski definition) is 0. The summed E-state index contributed by atoms with van der Waals surface area (Å²) in [5.41, 5.74) is 33.1. The van der Waals surface area contributed by atoms with E-state index in [4.69, 9.17) is 0 Å². The largest absolute Gasteiger partial charge is 0.310 e. The fourth-order valence-electron chi connectivity index (χ4n) is 21.4. The normalized spacial score (nSPS) is 11.5. The Morgan fingerprint density at radius 2 is 0.382 bits per heavy atom. The standard InChI is InChI=1S/2C66H44N2/c1-3-17-45(18-4-1)49-21-15-22-50(43-49)66-60-29-11-9-27-58(60)65(59-28-10-12-30-61(59)66)48-35-39-53(40-36-48)67(52-37-33-47(34-38-52)56-31-16-20-46-19-7-8-25-55(46)56)54-41-42-64-62(44-54)57-26-13-14-32-63(57)68(64)51-23-5-2-6-24-51;1-3-18-45(19-4-1)55-25-9-10-27-57(55)66-60-30-13-11-28-58(60)65(59-29-12-14-31-61(59)66)48-36-40-51(41-37-48)67(50-38-34-47(35-39-50)54-32-17-21-46-20-7-8-24-53(46)54)52-42-43-64-62(44-52)56-26-15-16-33-63(56)68(64)49-22-5-2-6-23-49/h2*1-44H. The summed E-state index contributed by atoms with van der Waals surface area (Å²) < 4.78 is 4.76. The lowest BCUT2D eigenvalue weighted by Gasteiger charge is -2.26. The third-order valence-electron chi connectivity index (χ3n) is 27.5. The highest BCUT2D eigenvalue weighted by atomic mass is 15.1. The van der Waals surface area contributed by atoms with E-state index in [0.717, 1.165) is 45.5 Å². The van der Waals surface area contributed by atoms with Gasteiger partial charge in [0.25, 0.3) is 0 Å². The van der Waals surface area contributed by atoms with Crippen molar-refractivity contribution in [1.82, 2.24) is 9.13 Å². The Morgan fingerprint density at radius 3 is 0.787 bits per heavy atom. The molecule has 0 radical (unpaired) electrons. The predicted molar refractivity (Wildman–Crippen MR) is 579 cm³/mol. The van der Waals surface area contributed by atoms with Crippen molar-refractivity contribution in [3.8, 4) is 100 Å². The molecule has 2 aromatic heterocycles. The number of hydrogen-bond acceptors (Lipinski definition) is 2. The number of rotatable bonds is 16. The van der Waals surface area contributed by atoms with Crippen LogP contribution in [0.2, 0.25) is 0 Å². The molecule has 0 aliphatic carbocycles. The molecule has 24 aromatic carbocycles. The molecule has 0 fully saturated rings. The van der Waals surface area contributed by atoms with E-state index in [9.17, 15) is 0 Å². The number of para-hydroxylation sites is 4. The maximum absolute atomic E-state index is 2.41. The van der Waals surface area contributed by atoms with Gasteiger partial charge in [0.2, 0.25) is 0 Å². The van der Waals surface area contributed by atoms with Crippen molar-refractivity contribution in [2.45, 2.75) is 0 Å². The second-order valence-corrected chi connectivity index (χ2v) is 35.2. The highest BCUT2D eigenvalue weighted by Crippen LogP contribution is 2.51. The van der Waals surface area contributed by atoms with Crippen LogP contribution < -0.4 is 9.80 Å². The zero-order chi connectivity index (χ0) is 89.9. The third kappa shape index (κ3) is 14.2. The van der Waals surface area contributed by atoms with Gasteiger partial charge in [-0.1, -0.05) is 406 Å². The second kappa shape index (κ2) is 34.4. The molecule has 4 heteroatoms. The average molecular weight is 1730 g/mol. The third-order valence-corrected chi connectivity index (χ3v) is 27.5. The van der Waals surface area contributed by atoms with Crippen LogP contribution in [0.25, 0.3) is 209 Å². The summed E-state index contributed by atoms with van der Waals surface area (Å²) in [6.07, 6.45) is 0. The minimum Gasteiger partial charge on any atom is -0.310 e. The van der Waals surface area contributed by atoms with Gasteiger partial charge < -0.3 is 18.9 Å². The van der Waals surface area contributed by atoms with Gasteiger partial charge in [-0.25, -0.2) is 0 Å². The molecule has 136 heavy (non-hydrogen) atoms. The highest BCUT2D eigenvalue weighted by Gasteiger charge is 2.26. The first-order chi connectivity index (χ1) is 67.5. The van der Waals surface area contributed by atoms with Crippen molar-refractivity contribution in [1.29, 1.82) is 0 Å². The van der Waals surface area contributed by atoms with Gasteiger partial charge in [-0.05, 0) is 281 Å². The first kappa shape index (κ1) is 80.1. The van der Waals surface area contributed by atoms with Gasteiger partial charge in [0.05, 0.1) is 22.1 Å². The van der Waals surface area contributed by atoms with Crippen LogP contribution in [0.1, 0.15) is 0 Å². The monoisotopic (exact) mass is 1730 g/mol. The molecule has 0 saturated heterocycles. The zero-order valence-electron chi connectivity index (χ0n) is 74.6. The first-order valence-electron chi connectivity index (χ1n) is 46.8. The van der Waals surface area contributed by atoms with E-state index in [-0.39, 0.29) is 0 Å². The van der Waals surface area contributed by atoms with Crippen LogP contribution in [0.3, 0.4) is 0 Å². The van der Waals surface area contributed by atoms with Crippen molar-refractivity contribution in [2.24, 2.45) is 0 Å². The Labute approximate surface area is 789 Å². The van der Waals surface area contributed by atoms with Gasteiger partial charge in [-0.3, -0.25) is 0 Å². The lowest BCUT2D eigenvalue weighted by atomic mass is 9.84. The molecular weight excluding hydrogens is 1640 g/mol. The summed E-state index contributed by atoms with van der Waals surface area (Å²) in [4.78, 5) is 4.81. The van der Waals surface area contributed by atoms with E-state index in [1.54, 1.807) is 0 Å². The Balaban J connectivity index is 0.000000145. The minimum absolute atomic E-state index is 1.08. The van der Waals surface area contributed by atoms with Crippen LogP contribution in [0.15, 0.2) is 534 Å². The summed E-state index contributed by atoms with van der Waals surface area (Å²) in [5, 5.41) is 19.8. The van der Waals surface area contributed by atoms with E-state index in [1.165, 1.54) is 197 Å². The van der Waals surface area contributed by atoms with E-state index in [0.29, 0.717) is 0 Å². The maximum atomic E-state index is 2.41. The molecule has 0 amide bonds. The summed E-state index contributed by atoms with van der Waals surface area (Å²) in [7, 11) is 0. The van der Waals surface area contributed by atoms with Crippen molar-refractivity contribution in [2.75, 3.05) is 9.80 Å². The SMILES string of the molecule is c1ccc(-c2cccc(-c3c4ccccc4c(-c4ccc(N(c5ccc(-c6cccc7ccccc67)cc5)c5ccc6c(c5)c5ccccc5n6-c5ccccc5)cc4)c4ccccc34)c2)cc1.c1ccc(-c2ccccc2-c2c3ccccc3c(-c3ccc(N(c4ccc(-c5cccc6ccccc56)cc4)c4ccc5c(c4)c4ccccc4n5-c4ccccc4)cc3)c3ccccc23)cc1. The van der Waals surface area contributed by atoms with Crippen molar-refractivity contribution in [3.63, 3.8) is 0 Å². The van der Waals surface area contributed by atoms with E-state index < -0.39 is 0 Å². The van der Waals surface area contributed by atoms with Crippen LogP contribution in [0, 0.1) is 0 Å². The van der Waals surface area contributed by atoms with Gasteiger partial charge in [0, 0.05) is 67.0 Å². The molecule has 0 N–H and O–H groups in total. The molecule has 0 atom stereocenters. The van der Waals surface area contributed by atoms with Crippen molar-refractivity contribution in [3.05, 3.63) is 534 Å². The molecule has 0 bridgehead atoms. The molecule has 0 unspecified atom stereocenters. The fraction of sp³-hybridized carbons (Fsp3) is 0. The summed E-state index contributed by atoms with van der Waals surface area (Å²) in [6.45, 7) is 0. The average Bonchev–Trinajstić information content (AvgIpc) is 1.54. The molecule has 0 aliphatic rings. The Hall–Kier alpha value is -18.0. The smallest absolute Gasteiger partial charge is 0.0542 e. The quantitative estimate of drug-likeness (QED) is 0.0897. The molecule has 0 saturated carbocycles. The summed E-state index contributed by atoms with van der Waals surface area (Å²) >= 11 is 0. The van der Waals surface area contributed by atoms with Crippen molar-refractivity contribution >= 4 is 142 Å².